The van der Waals surface area contributed by atoms with Crippen LogP contribution in [0, 0.1) is 0 Å². The Balaban J connectivity index is 1.88. The van der Waals surface area contributed by atoms with Crippen LogP contribution in [0.25, 0.3) is 11.0 Å². The van der Waals surface area contributed by atoms with Gasteiger partial charge in [0.25, 0.3) is 0 Å². The van der Waals surface area contributed by atoms with Crippen LogP contribution in [0.3, 0.4) is 0 Å². The van der Waals surface area contributed by atoms with E-state index in [0.29, 0.717) is 18.5 Å². The molecular weight excluding hydrogens is 336 g/mol. The molecule has 5 heteroatoms. The number of hydrogen-bond donors (Lipinski definition) is 1. The molecule has 0 aliphatic carbocycles. The highest BCUT2D eigenvalue weighted by Gasteiger charge is 2.17. The molecule has 0 atom stereocenters. The highest BCUT2D eigenvalue weighted by Crippen LogP contribution is 2.31. The summed E-state index contributed by atoms with van der Waals surface area (Å²) in [5.74, 6) is 0.255. The number of halogens is 1. The smallest absolute Gasteiger partial charge is 0.175 e. The monoisotopic (exact) mass is 358 g/mol. The van der Waals surface area contributed by atoms with Gasteiger partial charge in [-0.3, -0.25) is 0 Å². The van der Waals surface area contributed by atoms with Crippen LogP contribution in [0.15, 0.2) is 40.9 Å². The Morgan fingerprint density at radius 1 is 1.16 bits per heavy atom. The number of nitrogens with zero attached hydrogens (tertiary/aromatic N) is 2. The maximum absolute atomic E-state index is 10.3. The van der Waals surface area contributed by atoms with Gasteiger partial charge in [-0.25, -0.2) is 0 Å². The zero-order chi connectivity index (χ0) is 17.8. The van der Waals surface area contributed by atoms with Gasteiger partial charge in [0.15, 0.2) is 5.58 Å². The predicted octanol–water partition coefficient (Wildman–Crippen LogP) is 5.01. The van der Waals surface area contributed by atoms with E-state index in [2.05, 4.69) is 24.0 Å². The van der Waals surface area contributed by atoms with Crippen molar-refractivity contribution in [1.29, 1.82) is 0 Å². The lowest BCUT2D eigenvalue weighted by atomic mass is 10.0. The standard InChI is InChI=1S/C20H23ClN2O2/c1-3-4-11-23(2)13-17-19(24)10-9-16-18(22-25-20(16)17)12-14-5-7-15(21)8-6-14/h5-10,24H,3-4,11-13H2,1-2H3. The van der Waals surface area contributed by atoms with Gasteiger partial charge in [-0.05, 0) is 49.8 Å². The second kappa shape index (κ2) is 7.89. The third kappa shape index (κ3) is 4.14. The molecule has 0 fully saturated rings. The van der Waals surface area contributed by atoms with Crippen molar-refractivity contribution in [2.75, 3.05) is 13.6 Å². The molecule has 2 aromatic carbocycles. The minimum atomic E-state index is 0.255. The van der Waals surface area contributed by atoms with Crippen molar-refractivity contribution in [3.63, 3.8) is 0 Å². The van der Waals surface area contributed by atoms with Crippen molar-refractivity contribution in [2.24, 2.45) is 0 Å². The van der Waals surface area contributed by atoms with Crippen molar-refractivity contribution < 1.29 is 9.63 Å². The molecule has 1 N–H and O–H groups in total. The molecule has 0 saturated heterocycles. The summed E-state index contributed by atoms with van der Waals surface area (Å²) in [4.78, 5) is 2.19. The summed E-state index contributed by atoms with van der Waals surface area (Å²) in [6.07, 6.45) is 2.94. The molecule has 132 valence electrons. The van der Waals surface area contributed by atoms with E-state index in [-0.39, 0.29) is 5.75 Å². The van der Waals surface area contributed by atoms with E-state index in [9.17, 15) is 5.11 Å². The molecule has 0 bridgehead atoms. The van der Waals surface area contributed by atoms with Crippen LogP contribution in [0.5, 0.6) is 5.75 Å². The summed E-state index contributed by atoms with van der Waals surface area (Å²) in [6, 6.07) is 11.3. The first kappa shape index (κ1) is 17.8. The molecule has 0 amide bonds. The van der Waals surface area contributed by atoms with Crippen molar-refractivity contribution in [1.82, 2.24) is 10.1 Å². The fourth-order valence-corrected chi connectivity index (χ4v) is 3.08. The zero-order valence-electron chi connectivity index (χ0n) is 14.6. The highest BCUT2D eigenvalue weighted by atomic mass is 35.5. The number of aromatic nitrogens is 1. The van der Waals surface area contributed by atoms with Gasteiger partial charge in [0.05, 0.1) is 11.3 Å². The van der Waals surface area contributed by atoms with Gasteiger partial charge >= 0.3 is 0 Å². The molecule has 3 rings (SSSR count). The summed E-state index contributed by atoms with van der Waals surface area (Å²) in [5.41, 5.74) is 3.46. The van der Waals surface area contributed by atoms with Crippen molar-refractivity contribution in [2.45, 2.75) is 32.7 Å². The van der Waals surface area contributed by atoms with Crippen LogP contribution in [0.2, 0.25) is 5.02 Å². The van der Waals surface area contributed by atoms with E-state index in [4.69, 9.17) is 16.1 Å². The van der Waals surface area contributed by atoms with Gasteiger partial charge in [-0.2, -0.15) is 0 Å². The van der Waals surface area contributed by atoms with Gasteiger partial charge in [-0.1, -0.05) is 42.2 Å². The van der Waals surface area contributed by atoms with E-state index in [1.807, 2.05) is 30.3 Å². The minimum absolute atomic E-state index is 0.255. The Bertz CT molecular complexity index is 843. The summed E-state index contributed by atoms with van der Waals surface area (Å²) >= 11 is 5.94. The minimum Gasteiger partial charge on any atom is -0.507 e. The van der Waals surface area contributed by atoms with Gasteiger partial charge in [0.1, 0.15) is 5.75 Å². The molecule has 1 aromatic heterocycles. The highest BCUT2D eigenvalue weighted by molar-refractivity contribution is 6.30. The molecule has 0 radical (unpaired) electrons. The molecule has 0 aliphatic heterocycles. The van der Waals surface area contributed by atoms with Crippen LogP contribution < -0.4 is 0 Å². The maximum Gasteiger partial charge on any atom is 0.175 e. The average molecular weight is 359 g/mol. The first-order valence-electron chi connectivity index (χ1n) is 8.60. The van der Waals surface area contributed by atoms with Crippen LogP contribution in [0.4, 0.5) is 0 Å². The van der Waals surface area contributed by atoms with Crippen molar-refractivity contribution in [3.8, 4) is 5.75 Å². The topological polar surface area (TPSA) is 49.5 Å². The molecule has 0 aliphatic rings. The van der Waals surface area contributed by atoms with Crippen molar-refractivity contribution in [3.05, 3.63) is 58.2 Å². The molecule has 0 saturated carbocycles. The zero-order valence-corrected chi connectivity index (χ0v) is 15.4. The first-order chi connectivity index (χ1) is 12.1. The van der Waals surface area contributed by atoms with E-state index in [1.165, 1.54) is 0 Å². The molecule has 1 heterocycles. The third-order valence-corrected chi connectivity index (χ3v) is 4.65. The fourth-order valence-electron chi connectivity index (χ4n) is 2.95. The predicted molar refractivity (Wildman–Crippen MR) is 101 cm³/mol. The van der Waals surface area contributed by atoms with E-state index < -0.39 is 0 Å². The molecule has 4 nitrogen and oxygen atoms in total. The number of fused-ring (bicyclic) bond motifs is 1. The summed E-state index contributed by atoms with van der Waals surface area (Å²) in [6.45, 7) is 3.79. The van der Waals surface area contributed by atoms with E-state index in [0.717, 1.165) is 46.6 Å². The molecule has 0 spiro atoms. The summed E-state index contributed by atoms with van der Waals surface area (Å²) in [5, 5.41) is 16.2. The fraction of sp³-hybridized carbons (Fsp3) is 0.350. The molecule has 0 unspecified atom stereocenters. The number of aromatic hydroxyl groups is 1. The Labute approximate surface area is 153 Å². The lowest BCUT2D eigenvalue weighted by Crippen LogP contribution is -2.19. The number of phenolic OH excluding ortho intramolecular Hbond substituents is 1. The number of phenols is 1. The van der Waals surface area contributed by atoms with Crippen molar-refractivity contribution >= 4 is 22.6 Å². The Hall–Kier alpha value is -2.04. The van der Waals surface area contributed by atoms with Gasteiger partial charge in [0, 0.05) is 23.4 Å². The molecular formula is C20H23ClN2O2. The second-order valence-electron chi connectivity index (χ2n) is 6.46. The molecule has 25 heavy (non-hydrogen) atoms. The lowest BCUT2D eigenvalue weighted by molar-refractivity contribution is 0.312. The van der Waals surface area contributed by atoms with Gasteiger partial charge < -0.3 is 14.5 Å². The van der Waals surface area contributed by atoms with Crippen LogP contribution in [-0.4, -0.2) is 28.8 Å². The van der Waals surface area contributed by atoms with E-state index >= 15 is 0 Å². The summed E-state index contributed by atoms with van der Waals surface area (Å²) in [7, 11) is 2.05. The van der Waals surface area contributed by atoms with Gasteiger partial charge in [-0.15, -0.1) is 0 Å². The van der Waals surface area contributed by atoms with Gasteiger partial charge in [0.2, 0.25) is 0 Å². The number of benzene rings is 2. The first-order valence-corrected chi connectivity index (χ1v) is 8.98. The normalized spacial score (nSPS) is 11.5. The third-order valence-electron chi connectivity index (χ3n) is 4.40. The maximum atomic E-state index is 10.3. The Morgan fingerprint density at radius 2 is 1.92 bits per heavy atom. The van der Waals surface area contributed by atoms with Crippen LogP contribution >= 0.6 is 11.6 Å². The quantitative estimate of drug-likeness (QED) is 0.645. The number of rotatable bonds is 7. The summed E-state index contributed by atoms with van der Waals surface area (Å²) < 4.78 is 5.60. The Kier molecular flexibility index (Phi) is 5.61. The molecule has 3 aromatic rings. The SMILES string of the molecule is CCCCN(C)Cc1c(O)ccc2c(Cc3ccc(Cl)cc3)noc12. The largest absolute Gasteiger partial charge is 0.507 e. The number of hydrogen-bond acceptors (Lipinski definition) is 4. The lowest BCUT2D eigenvalue weighted by Gasteiger charge is -2.16. The van der Waals surface area contributed by atoms with Crippen LogP contribution in [0.1, 0.15) is 36.6 Å². The number of unbranched alkanes of at least 4 members (excludes halogenated alkanes) is 1. The van der Waals surface area contributed by atoms with Crippen LogP contribution in [-0.2, 0) is 13.0 Å². The van der Waals surface area contributed by atoms with E-state index in [1.54, 1.807) is 6.07 Å². The average Bonchev–Trinajstić information content (AvgIpc) is 3.00. The Morgan fingerprint density at radius 3 is 2.64 bits per heavy atom. The second-order valence-corrected chi connectivity index (χ2v) is 6.90.